The highest BCUT2D eigenvalue weighted by Gasteiger charge is 2.25. The molecule has 0 saturated carbocycles. The van der Waals surface area contributed by atoms with Crippen molar-refractivity contribution in [1.29, 1.82) is 0 Å². The summed E-state index contributed by atoms with van der Waals surface area (Å²) in [4.78, 5) is 32.7. The van der Waals surface area contributed by atoms with Gasteiger partial charge in [-0.25, -0.2) is 4.79 Å². The van der Waals surface area contributed by atoms with Crippen molar-refractivity contribution in [2.45, 2.75) is 58.3 Å². The van der Waals surface area contributed by atoms with Crippen LogP contribution in [0.4, 0.5) is 0 Å². The second-order valence-corrected chi connectivity index (χ2v) is 7.23. The second-order valence-electron chi connectivity index (χ2n) is 6.24. The van der Waals surface area contributed by atoms with Crippen molar-refractivity contribution in [1.82, 2.24) is 4.57 Å². The molecule has 142 valence electrons. The van der Waals surface area contributed by atoms with Crippen LogP contribution in [-0.4, -0.2) is 31.5 Å². The lowest BCUT2D eigenvalue weighted by molar-refractivity contribution is -0.142. The van der Waals surface area contributed by atoms with E-state index in [1.807, 2.05) is 34.6 Å². The van der Waals surface area contributed by atoms with E-state index < -0.39 is 18.0 Å². The number of hydrogen-bond donors (Lipinski definition) is 2. The molecule has 0 aromatic carbocycles. The van der Waals surface area contributed by atoms with Gasteiger partial charge in [0, 0.05) is 12.3 Å². The highest BCUT2D eigenvalue weighted by Crippen LogP contribution is 2.19. The van der Waals surface area contributed by atoms with Crippen LogP contribution in [0.3, 0.4) is 0 Å². The number of rotatable bonds is 7. The van der Waals surface area contributed by atoms with Gasteiger partial charge in [0.15, 0.2) is 0 Å². The zero-order valence-electron chi connectivity index (χ0n) is 15.4. The highest BCUT2D eigenvalue weighted by molar-refractivity contribution is 9.10. The van der Waals surface area contributed by atoms with E-state index in [9.17, 15) is 14.4 Å². The van der Waals surface area contributed by atoms with E-state index in [1.54, 1.807) is 12.3 Å². The largest absolute Gasteiger partial charge is 0.480 e. The molecular weight excluding hydrogens is 390 g/mol. The predicted octanol–water partition coefficient (Wildman–Crippen LogP) is 3.71. The smallest absolute Gasteiger partial charge is 0.327 e. The quantitative estimate of drug-likeness (QED) is 0.658. The van der Waals surface area contributed by atoms with Gasteiger partial charge in [0.05, 0.1) is 0 Å². The fourth-order valence-electron chi connectivity index (χ4n) is 2.13. The Morgan fingerprint density at radius 1 is 1.12 bits per heavy atom. The number of aromatic nitrogens is 1. The number of carboxylic acid groups (broad SMARTS) is 2. The highest BCUT2D eigenvalue weighted by atomic mass is 79.9. The summed E-state index contributed by atoms with van der Waals surface area (Å²) < 4.78 is 1.30. The number of nitrogens with zero attached hydrogens (tertiary/aromatic N) is 1. The molecule has 1 aromatic heterocycles. The average Bonchev–Trinajstić information content (AvgIpc) is 2.55. The maximum absolute atomic E-state index is 11.7. The molecule has 7 heteroatoms. The summed E-state index contributed by atoms with van der Waals surface area (Å²) in [5.74, 6) is -1.59. The first-order valence-electron chi connectivity index (χ1n) is 8.35. The summed E-state index contributed by atoms with van der Waals surface area (Å²) in [5.41, 5.74) is 0.585. The lowest BCUT2D eigenvalue weighted by Crippen LogP contribution is -2.33. The van der Waals surface area contributed by atoms with Crippen LogP contribution < -0.4 is 5.56 Å². The molecule has 0 aliphatic heterocycles. The Hall–Kier alpha value is -1.63. The number of pyridine rings is 1. The first-order valence-corrected chi connectivity index (χ1v) is 9.26. The van der Waals surface area contributed by atoms with Crippen molar-refractivity contribution in [3.63, 3.8) is 0 Å². The Morgan fingerprint density at radius 3 is 1.96 bits per heavy atom. The Morgan fingerprint density at radius 2 is 1.64 bits per heavy atom. The van der Waals surface area contributed by atoms with E-state index in [-0.39, 0.29) is 22.2 Å². The molecule has 4 atom stereocenters. The number of aliphatic carboxylic acids is 2. The first kappa shape index (κ1) is 23.4. The molecule has 1 heterocycles. The fourth-order valence-corrected chi connectivity index (χ4v) is 2.50. The van der Waals surface area contributed by atoms with Crippen molar-refractivity contribution in [3.8, 4) is 0 Å². The molecular formula is C18H28BrNO5. The van der Waals surface area contributed by atoms with Gasteiger partial charge in [-0.1, -0.05) is 56.5 Å². The molecule has 0 saturated heterocycles. The minimum Gasteiger partial charge on any atom is -0.480 e. The van der Waals surface area contributed by atoms with Crippen molar-refractivity contribution in [2.24, 2.45) is 11.8 Å². The van der Waals surface area contributed by atoms with Gasteiger partial charge in [0.2, 0.25) is 0 Å². The van der Waals surface area contributed by atoms with E-state index in [4.69, 9.17) is 10.2 Å². The van der Waals surface area contributed by atoms with E-state index in [1.165, 1.54) is 10.6 Å². The molecule has 0 spiro atoms. The SMILES string of the molecule is CC[C@H](C)[C@@H](Br)C(=O)O.CC[C@H](C)[C@@H](C(=O)O)n1ccc(C)cc1=O. The molecule has 1 aromatic rings. The molecule has 1 rings (SSSR count). The normalized spacial score (nSPS) is 15.3. The molecule has 6 nitrogen and oxygen atoms in total. The predicted molar refractivity (Wildman–Crippen MR) is 101 cm³/mol. The maximum Gasteiger partial charge on any atom is 0.327 e. The monoisotopic (exact) mass is 417 g/mol. The maximum atomic E-state index is 11.7. The van der Waals surface area contributed by atoms with Crippen LogP contribution in [-0.2, 0) is 9.59 Å². The molecule has 2 N–H and O–H groups in total. The van der Waals surface area contributed by atoms with E-state index in [0.717, 1.165) is 18.4 Å². The minimum absolute atomic E-state index is 0.0714. The number of carboxylic acids is 2. The van der Waals surface area contributed by atoms with E-state index in [0.29, 0.717) is 0 Å². The van der Waals surface area contributed by atoms with Crippen LogP contribution in [0.1, 0.15) is 52.1 Å². The van der Waals surface area contributed by atoms with Crippen LogP contribution >= 0.6 is 15.9 Å². The number of hydrogen-bond acceptors (Lipinski definition) is 3. The van der Waals surface area contributed by atoms with Gasteiger partial charge in [-0.15, -0.1) is 0 Å². The fraction of sp³-hybridized carbons (Fsp3) is 0.611. The van der Waals surface area contributed by atoms with Crippen LogP contribution in [0.15, 0.2) is 23.1 Å². The van der Waals surface area contributed by atoms with Gasteiger partial charge < -0.3 is 14.8 Å². The summed E-state index contributed by atoms with van der Waals surface area (Å²) in [6.45, 7) is 9.45. The molecule has 0 fully saturated rings. The van der Waals surface area contributed by atoms with Gasteiger partial charge in [-0.2, -0.15) is 0 Å². The summed E-state index contributed by atoms with van der Waals surface area (Å²) in [7, 11) is 0. The number of alkyl halides is 1. The van der Waals surface area contributed by atoms with E-state index in [2.05, 4.69) is 15.9 Å². The average molecular weight is 418 g/mol. The summed E-state index contributed by atoms with van der Waals surface area (Å²) in [6, 6.07) is 2.43. The molecule has 0 unspecified atom stereocenters. The standard InChI is InChI=1S/C12H17NO3.C6H11BrO2/c1-4-9(3)11(12(15)16)13-6-5-8(2)7-10(13)14;1-3-4(2)5(7)6(8)9/h5-7,9,11H,4H2,1-3H3,(H,15,16);4-5H,3H2,1-2H3,(H,8,9)/t9-,11-;4-,5+/m00/s1. The third-order valence-corrected chi connectivity index (χ3v) is 5.51. The lowest BCUT2D eigenvalue weighted by Gasteiger charge is -2.21. The Balaban J connectivity index is 0.000000547. The topological polar surface area (TPSA) is 96.6 Å². The van der Waals surface area contributed by atoms with Crippen LogP contribution in [0.2, 0.25) is 0 Å². The first-order chi connectivity index (χ1) is 11.6. The third kappa shape index (κ3) is 7.42. The lowest BCUT2D eigenvalue weighted by atomic mass is 9.99. The van der Waals surface area contributed by atoms with Crippen molar-refractivity contribution in [2.75, 3.05) is 0 Å². The van der Waals surface area contributed by atoms with Crippen LogP contribution in [0.5, 0.6) is 0 Å². The van der Waals surface area contributed by atoms with Crippen molar-refractivity contribution < 1.29 is 19.8 Å². The van der Waals surface area contributed by atoms with Crippen LogP contribution in [0, 0.1) is 18.8 Å². The molecule has 0 bridgehead atoms. The summed E-state index contributed by atoms with van der Waals surface area (Å²) in [6.07, 6.45) is 3.17. The van der Waals surface area contributed by atoms with Gasteiger partial charge >= 0.3 is 11.9 Å². The second kappa shape index (κ2) is 11.1. The van der Waals surface area contributed by atoms with Gasteiger partial charge in [-0.3, -0.25) is 9.59 Å². The van der Waals surface area contributed by atoms with Gasteiger partial charge in [0.1, 0.15) is 10.9 Å². The summed E-state index contributed by atoms with van der Waals surface area (Å²) in [5, 5.41) is 17.6. The molecule has 25 heavy (non-hydrogen) atoms. The van der Waals surface area contributed by atoms with Crippen LogP contribution in [0.25, 0.3) is 0 Å². The van der Waals surface area contributed by atoms with Gasteiger partial charge in [-0.05, 0) is 30.4 Å². The molecule has 0 radical (unpaired) electrons. The number of aryl methyl sites for hydroxylation is 1. The zero-order chi connectivity index (χ0) is 19.7. The van der Waals surface area contributed by atoms with Crippen molar-refractivity contribution in [3.05, 3.63) is 34.2 Å². The Labute approximate surface area is 157 Å². The third-order valence-electron chi connectivity index (χ3n) is 4.22. The summed E-state index contributed by atoms with van der Waals surface area (Å²) >= 11 is 3.07. The number of carbonyl (C=O) groups is 2. The van der Waals surface area contributed by atoms with Gasteiger partial charge in [0.25, 0.3) is 5.56 Å². The molecule has 0 aliphatic rings. The minimum atomic E-state index is -0.958. The number of halogens is 1. The Bertz CT molecular complexity index is 628. The Kier molecular flexibility index (Phi) is 10.4. The van der Waals surface area contributed by atoms with Crippen molar-refractivity contribution >= 4 is 27.9 Å². The zero-order valence-corrected chi connectivity index (χ0v) is 17.0. The molecule has 0 aliphatic carbocycles. The molecule has 0 amide bonds. The van der Waals surface area contributed by atoms with E-state index >= 15 is 0 Å².